The molecule has 19 heavy (non-hydrogen) atoms. The summed E-state index contributed by atoms with van der Waals surface area (Å²) in [6.07, 6.45) is 3.82. The number of hydrogen-bond acceptors (Lipinski definition) is 4. The standard InChI is InChI=1S/C12H23N3O3S/c1-4-6-13-12(16)15(8-7-14(2)3)11-5-9-19(17,18)10-11/h4,6,11H,5,7-10H2,1-3H3,(H,13,16)/b6-4+. The van der Waals surface area contributed by atoms with E-state index >= 15 is 0 Å². The van der Waals surface area contributed by atoms with Crippen LogP contribution in [0.2, 0.25) is 0 Å². The minimum atomic E-state index is -2.99. The molecule has 1 unspecified atom stereocenters. The highest BCUT2D eigenvalue weighted by molar-refractivity contribution is 7.91. The van der Waals surface area contributed by atoms with Gasteiger partial charge in [0.2, 0.25) is 0 Å². The lowest BCUT2D eigenvalue weighted by molar-refractivity contribution is 0.176. The number of rotatable bonds is 5. The summed E-state index contributed by atoms with van der Waals surface area (Å²) in [4.78, 5) is 15.7. The first-order chi connectivity index (χ1) is 8.85. The van der Waals surface area contributed by atoms with Gasteiger partial charge in [-0.25, -0.2) is 13.2 Å². The molecular weight excluding hydrogens is 266 g/mol. The molecule has 0 radical (unpaired) electrons. The number of nitrogens with one attached hydrogen (secondary N) is 1. The quantitative estimate of drug-likeness (QED) is 0.789. The Morgan fingerprint density at radius 1 is 1.37 bits per heavy atom. The number of hydrogen-bond donors (Lipinski definition) is 1. The van der Waals surface area contributed by atoms with Crippen molar-refractivity contribution in [3.05, 3.63) is 12.3 Å². The van der Waals surface area contributed by atoms with Crippen LogP contribution >= 0.6 is 0 Å². The van der Waals surface area contributed by atoms with Crippen molar-refractivity contribution in [2.45, 2.75) is 19.4 Å². The number of nitrogens with zero attached hydrogens (tertiary/aromatic N) is 2. The van der Waals surface area contributed by atoms with Gasteiger partial charge in [-0.15, -0.1) is 0 Å². The molecule has 1 N–H and O–H groups in total. The summed E-state index contributed by atoms with van der Waals surface area (Å²) in [5.41, 5.74) is 0. The van der Waals surface area contributed by atoms with E-state index in [2.05, 4.69) is 5.32 Å². The SMILES string of the molecule is C/C=C/NC(=O)N(CCN(C)C)C1CCS(=O)(=O)C1. The number of amides is 2. The fourth-order valence-corrected chi connectivity index (χ4v) is 3.75. The van der Waals surface area contributed by atoms with E-state index in [4.69, 9.17) is 0 Å². The van der Waals surface area contributed by atoms with Gasteiger partial charge in [0.15, 0.2) is 9.84 Å². The van der Waals surface area contributed by atoms with E-state index in [0.717, 1.165) is 0 Å². The lowest BCUT2D eigenvalue weighted by atomic mass is 10.2. The summed E-state index contributed by atoms with van der Waals surface area (Å²) in [7, 11) is 0.862. The van der Waals surface area contributed by atoms with Crippen molar-refractivity contribution in [1.29, 1.82) is 0 Å². The first kappa shape index (κ1) is 16.0. The highest BCUT2D eigenvalue weighted by atomic mass is 32.2. The second-order valence-electron chi connectivity index (χ2n) is 5.00. The third-order valence-electron chi connectivity index (χ3n) is 3.07. The largest absolute Gasteiger partial charge is 0.321 e. The minimum absolute atomic E-state index is 0.0731. The molecule has 1 rings (SSSR count). The predicted molar refractivity (Wildman–Crippen MR) is 75.7 cm³/mol. The molecule has 1 atom stereocenters. The molecule has 6 nitrogen and oxygen atoms in total. The molecule has 0 aliphatic carbocycles. The van der Waals surface area contributed by atoms with Gasteiger partial charge in [0.05, 0.1) is 11.5 Å². The van der Waals surface area contributed by atoms with E-state index < -0.39 is 9.84 Å². The molecule has 7 heteroatoms. The van der Waals surface area contributed by atoms with Gasteiger partial charge in [0.25, 0.3) is 0 Å². The lowest BCUT2D eigenvalue weighted by Gasteiger charge is -2.29. The Balaban J connectivity index is 2.71. The average molecular weight is 289 g/mol. The summed E-state index contributed by atoms with van der Waals surface area (Å²) in [5.74, 6) is 0.247. The Labute approximate surface area is 115 Å². The highest BCUT2D eigenvalue weighted by Crippen LogP contribution is 2.17. The second-order valence-corrected chi connectivity index (χ2v) is 7.23. The zero-order valence-corrected chi connectivity index (χ0v) is 12.6. The first-order valence-electron chi connectivity index (χ1n) is 6.39. The van der Waals surface area contributed by atoms with Crippen LogP contribution in [0.1, 0.15) is 13.3 Å². The van der Waals surface area contributed by atoms with Crippen molar-refractivity contribution in [3.8, 4) is 0 Å². The van der Waals surface area contributed by atoms with Crippen LogP contribution in [0.4, 0.5) is 4.79 Å². The van der Waals surface area contributed by atoms with Crippen molar-refractivity contribution in [2.24, 2.45) is 0 Å². The van der Waals surface area contributed by atoms with Crippen molar-refractivity contribution in [2.75, 3.05) is 38.7 Å². The zero-order chi connectivity index (χ0) is 14.5. The Morgan fingerprint density at radius 2 is 2.05 bits per heavy atom. The van der Waals surface area contributed by atoms with E-state index in [1.165, 1.54) is 0 Å². The van der Waals surface area contributed by atoms with Gasteiger partial charge < -0.3 is 15.1 Å². The summed E-state index contributed by atoms with van der Waals surface area (Å²) in [6, 6.07) is -0.447. The molecular formula is C12H23N3O3S. The predicted octanol–water partition coefficient (Wildman–Crippen LogP) is 0.280. The number of likely N-dealkylation sites (N-methyl/N-ethyl adjacent to an activating group) is 1. The fraction of sp³-hybridized carbons (Fsp3) is 0.750. The summed E-state index contributed by atoms with van der Waals surface area (Å²) >= 11 is 0. The first-order valence-corrected chi connectivity index (χ1v) is 8.21. The molecule has 1 heterocycles. The van der Waals surface area contributed by atoms with Gasteiger partial charge in [-0.1, -0.05) is 6.08 Å². The van der Waals surface area contributed by atoms with Crippen LogP contribution in [0, 0.1) is 0 Å². The molecule has 0 bridgehead atoms. The van der Waals surface area contributed by atoms with Crippen LogP contribution in [0.25, 0.3) is 0 Å². The van der Waals surface area contributed by atoms with E-state index in [1.54, 1.807) is 17.2 Å². The summed E-state index contributed by atoms with van der Waals surface area (Å²) < 4.78 is 23.1. The van der Waals surface area contributed by atoms with Gasteiger partial charge in [0.1, 0.15) is 0 Å². The molecule has 110 valence electrons. The maximum absolute atomic E-state index is 12.1. The average Bonchev–Trinajstić information content (AvgIpc) is 2.66. The maximum Gasteiger partial charge on any atom is 0.321 e. The van der Waals surface area contributed by atoms with Crippen LogP contribution < -0.4 is 5.32 Å². The van der Waals surface area contributed by atoms with E-state index in [9.17, 15) is 13.2 Å². The fourth-order valence-electron chi connectivity index (χ4n) is 2.02. The molecule has 0 aromatic carbocycles. The third-order valence-corrected chi connectivity index (χ3v) is 4.82. The number of allylic oxidation sites excluding steroid dienone is 1. The highest BCUT2D eigenvalue weighted by Gasteiger charge is 2.34. The molecule has 0 spiro atoms. The van der Waals surface area contributed by atoms with Crippen LogP contribution in [0.5, 0.6) is 0 Å². The van der Waals surface area contributed by atoms with Crippen molar-refractivity contribution >= 4 is 15.9 Å². The number of urea groups is 1. The van der Waals surface area contributed by atoms with E-state index in [-0.39, 0.29) is 23.6 Å². The van der Waals surface area contributed by atoms with Crippen LogP contribution in [-0.2, 0) is 9.84 Å². The molecule has 1 saturated heterocycles. The van der Waals surface area contributed by atoms with Gasteiger partial charge in [-0.2, -0.15) is 0 Å². The molecule has 1 fully saturated rings. The molecule has 1 aliphatic rings. The molecule has 0 aromatic heterocycles. The lowest BCUT2D eigenvalue weighted by Crippen LogP contribution is -2.48. The maximum atomic E-state index is 12.1. The van der Waals surface area contributed by atoms with Crippen LogP contribution in [0.3, 0.4) is 0 Å². The molecule has 0 aromatic rings. The molecule has 0 saturated carbocycles. The van der Waals surface area contributed by atoms with Crippen molar-refractivity contribution in [3.63, 3.8) is 0 Å². The Hall–Kier alpha value is -1.08. The summed E-state index contributed by atoms with van der Waals surface area (Å²) in [6.45, 7) is 3.04. The number of carbonyl (C=O) groups is 1. The van der Waals surface area contributed by atoms with Crippen molar-refractivity contribution < 1.29 is 13.2 Å². The number of carbonyl (C=O) groups excluding carboxylic acids is 1. The van der Waals surface area contributed by atoms with E-state index in [0.29, 0.717) is 19.5 Å². The smallest absolute Gasteiger partial charge is 0.319 e. The van der Waals surface area contributed by atoms with Gasteiger partial charge >= 0.3 is 6.03 Å². The Kier molecular flexibility index (Phi) is 5.81. The topological polar surface area (TPSA) is 69.7 Å². The van der Waals surface area contributed by atoms with Gasteiger partial charge in [-0.3, -0.25) is 0 Å². The van der Waals surface area contributed by atoms with Gasteiger partial charge in [-0.05, 0) is 27.4 Å². The van der Waals surface area contributed by atoms with Crippen LogP contribution in [0.15, 0.2) is 12.3 Å². The van der Waals surface area contributed by atoms with Crippen LogP contribution in [-0.4, -0.2) is 69.0 Å². The normalized spacial score (nSPS) is 22.0. The third kappa shape index (κ3) is 5.20. The number of sulfone groups is 1. The van der Waals surface area contributed by atoms with Crippen molar-refractivity contribution in [1.82, 2.24) is 15.1 Å². The van der Waals surface area contributed by atoms with E-state index in [1.807, 2.05) is 25.9 Å². The molecule has 1 aliphatic heterocycles. The minimum Gasteiger partial charge on any atom is -0.319 e. The zero-order valence-electron chi connectivity index (χ0n) is 11.8. The van der Waals surface area contributed by atoms with Gasteiger partial charge in [0, 0.05) is 25.3 Å². The molecule has 2 amide bonds. The Morgan fingerprint density at radius 3 is 2.53 bits per heavy atom. The summed E-state index contributed by atoms with van der Waals surface area (Å²) in [5, 5.41) is 2.65. The monoisotopic (exact) mass is 289 g/mol. The second kappa shape index (κ2) is 6.91. The Bertz CT molecular complexity index is 432.